The highest BCUT2D eigenvalue weighted by Gasteiger charge is 2.34. The van der Waals surface area contributed by atoms with Gasteiger partial charge in [-0.05, 0) is 38.3 Å². The molecule has 10 heteroatoms. The molecule has 2 fully saturated rings. The predicted octanol–water partition coefficient (Wildman–Crippen LogP) is 2.71. The molecule has 0 radical (unpaired) electrons. The number of carboxylic acid groups (broad SMARTS) is 1. The Kier molecular flexibility index (Phi) is 7.18. The normalized spacial score (nSPS) is 18.4. The SMILES string of the molecule is CCn1c(N2CCCCCC2)c(/C=C2\SC(=S)N(CC(=O)O)C2=O)c(C)c(C#N)c1=O. The minimum Gasteiger partial charge on any atom is -0.480 e. The molecule has 3 heterocycles. The largest absolute Gasteiger partial charge is 0.480 e. The van der Waals surface area contributed by atoms with Gasteiger partial charge in [-0.25, -0.2) is 0 Å². The van der Waals surface area contributed by atoms with Crippen molar-refractivity contribution in [2.75, 3.05) is 24.5 Å². The number of amides is 1. The van der Waals surface area contributed by atoms with Crippen LogP contribution in [0.1, 0.15) is 49.3 Å². The van der Waals surface area contributed by atoms with Crippen molar-refractivity contribution in [3.05, 3.63) is 31.9 Å². The van der Waals surface area contributed by atoms with Gasteiger partial charge in [-0.3, -0.25) is 23.9 Å². The van der Waals surface area contributed by atoms with Crippen LogP contribution in [0.15, 0.2) is 9.70 Å². The number of anilines is 1. The number of hydrogen-bond donors (Lipinski definition) is 1. The molecule has 0 aliphatic carbocycles. The number of aliphatic carboxylic acids is 1. The predicted molar refractivity (Wildman–Crippen MR) is 124 cm³/mol. The monoisotopic (exact) mass is 460 g/mol. The molecule has 1 aromatic rings. The van der Waals surface area contributed by atoms with Crippen molar-refractivity contribution in [1.82, 2.24) is 9.47 Å². The van der Waals surface area contributed by atoms with Crippen LogP contribution in [0.2, 0.25) is 0 Å². The Morgan fingerprint density at radius 3 is 2.45 bits per heavy atom. The second-order valence-electron chi connectivity index (χ2n) is 7.46. The number of pyridine rings is 1. The molecule has 164 valence electrons. The number of carboxylic acids is 1. The van der Waals surface area contributed by atoms with Crippen LogP contribution >= 0.6 is 24.0 Å². The third-order valence-corrected chi connectivity index (χ3v) is 6.89. The van der Waals surface area contributed by atoms with Crippen molar-refractivity contribution in [2.24, 2.45) is 0 Å². The zero-order valence-electron chi connectivity index (χ0n) is 17.5. The number of thioether (sulfide) groups is 1. The Bertz CT molecular complexity index is 1060. The first-order valence-corrected chi connectivity index (χ1v) is 11.4. The van der Waals surface area contributed by atoms with Gasteiger partial charge in [0.05, 0.1) is 4.91 Å². The maximum Gasteiger partial charge on any atom is 0.323 e. The molecule has 8 nitrogen and oxygen atoms in total. The maximum atomic E-state index is 13.0. The summed E-state index contributed by atoms with van der Waals surface area (Å²) >= 11 is 6.24. The first kappa shape index (κ1) is 23.0. The van der Waals surface area contributed by atoms with Crippen molar-refractivity contribution in [1.29, 1.82) is 5.26 Å². The van der Waals surface area contributed by atoms with E-state index in [-0.39, 0.29) is 20.3 Å². The summed E-state index contributed by atoms with van der Waals surface area (Å²) in [5.74, 6) is -0.925. The van der Waals surface area contributed by atoms with Gasteiger partial charge in [0.15, 0.2) is 0 Å². The Labute approximate surface area is 190 Å². The number of aromatic nitrogens is 1. The maximum absolute atomic E-state index is 13.0. The summed E-state index contributed by atoms with van der Waals surface area (Å²) in [6, 6.07) is 2.01. The molecule has 0 saturated carbocycles. The zero-order valence-corrected chi connectivity index (χ0v) is 19.1. The number of thiocarbonyl (C=S) groups is 1. The fourth-order valence-corrected chi connectivity index (χ4v) is 5.20. The number of nitrogens with zero attached hydrogens (tertiary/aromatic N) is 4. The lowest BCUT2D eigenvalue weighted by Gasteiger charge is -2.29. The highest BCUT2D eigenvalue weighted by Crippen LogP contribution is 2.36. The number of hydrogen-bond acceptors (Lipinski definition) is 7. The van der Waals surface area contributed by atoms with Crippen LogP contribution in [0, 0.1) is 18.3 Å². The van der Waals surface area contributed by atoms with E-state index in [9.17, 15) is 19.6 Å². The summed E-state index contributed by atoms with van der Waals surface area (Å²) in [4.78, 5) is 40.4. The number of nitriles is 1. The molecule has 2 aliphatic rings. The Balaban J connectivity index is 2.21. The zero-order chi connectivity index (χ0) is 22.7. The molecule has 2 aliphatic heterocycles. The van der Waals surface area contributed by atoms with Crippen LogP contribution in [0.25, 0.3) is 6.08 Å². The average Bonchev–Trinajstić information content (AvgIpc) is 2.92. The van der Waals surface area contributed by atoms with Gasteiger partial charge in [-0.15, -0.1) is 0 Å². The van der Waals surface area contributed by atoms with Crippen LogP contribution in [0.3, 0.4) is 0 Å². The number of rotatable bonds is 5. The molecule has 0 spiro atoms. The van der Waals surface area contributed by atoms with Gasteiger partial charge in [0.2, 0.25) is 0 Å². The molecule has 0 unspecified atom stereocenters. The summed E-state index contributed by atoms with van der Waals surface area (Å²) < 4.78 is 1.78. The highest BCUT2D eigenvalue weighted by atomic mass is 32.2. The third-order valence-electron chi connectivity index (χ3n) is 5.51. The first-order valence-electron chi connectivity index (χ1n) is 10.2. The molecule has 1 amide bonds. The van der Waals surface area contributed by atoms with Crippen molar-refractivity contribution in [3.8, 4) is 6.07 Å². The van der Waals surface area contributed by atoms with Crippen LogP contribution in [0.5, 0.6) is 0 Å². The van der Waals surface area contributed by atoms with Gasteiger partial charge in [0, 0.05) is 25.2 Å². The Morgan fingerprint density at radius 2 is 1.90 bits per heavy atom. The summed E-state index contributed by atoms with van der Waals surface area (Å²) in [7, 11) is 0. The lowest BCUT2D eigenvalue weighted by molar-refractivity contribution is -0.140. The Hall–Kier alpha value is -2.64. The van der Waals surface area contributed by atoms with Gasteiger partial charge in [0.1, 0.15) is 28.3 Å². The van der Waals surface area contributed by atoms with E-state index in [2.05, 4.69) is 4.90 Å². The van der Waals surface area contributed by atoms with E-state index in [0.717, 1.165) is 55.4 Å². The second-order valence-corrected chi connectivity index (χ2v) is 9.14. The lowest BCUT2D eigenvalue weighted by atomic mass is 10.0. The molecule has 0 bridgehead atoms. The van der Waals surface area contributed by atoms with Crippen LogP contribution in [-0.2, 0) is 16.1 Å². The van der Waals surface area contributed by atoms with Crippen LogP contribution in [0.4, 0.5) is 5.82 Å². The van der Waals surface area contributed by atoms with Crippen LogP contribution in [-0.4, -0.2) is 50.4 Å². The molecule has 2 saturated heterocycles. The fraction of sp³-hybridized carbons (Fsp3) is 0.476. The van der Waals surface area contributed by atoms with Gasteiger partial charge in [0.25, 0.3) is 11.5 Å². The topological polar surface area (TPSA) is 107 Å². The minimum absolute atomic E-state index is 0.0488. The van der Waals surface area contributed by atoms with Crippen LogP contribution < -0.4 is 10.5 Å². The molecular weight excluding hydrogens is 436 g/mol. The summed E-state index contributed by atoms with van der Waals surface area (Å²) in [6.45, 7) is 5.02. The van der Waals surface area contributed by atoms with E-state index in [1.807, 2.05) is 13.0 Å². The summed E-state index contributed by atoms with van der Waals surface area (Å²) in [5, 5.41) is 18.7. The smallest absolute Gasteiger partial charge is 0.323 e. The fourth-order valence-electron chi connectivity index (χ4n) is 3.96. The summed E-state index contributed by atoms with van der Waals surface area (Å²) in [5.41, 5.74) is 0.862. The molecular formula is C21H24N4O4S2. The van der Waals surface area contributed by atoms with Crippen molar-refractivity contribution >= 4 is 52.1 Å². The lowest BCUT2D eigenvalue weighted by Crippen LogP contribution is -2.35. The van der Waals surface area contributed by atoms with E-state index in [1.54, 1.807) is 17.6 Å². The highest BCUT2D eigenvalue weighted by molar-refractivity contribution is 8.26. The second kappa shape index (κ2) is 9.66. The molecule has 1 aromatic heterocycles. The Morgan fingerprint density at radius 1 is 1.26 bits per heavy atom. The molecule has 31 heavy (non-hydrogen) atoms. The van der Waals surface area contributed by atoms with E-state index in [4.69, 9.17) is 17.3 Å². The van der Waals surface area contributed by atoms with E-state index >= 15 is 0 Å². The first-order chi connectivity index (χ1) is 14.8. The van der Waals surface area contributed by atoms with E-state index in [0.29, 0.717) is 23.5 Å². The number of carbonyl (C=O) groups is 2. The standard InChI is InChI=1S/C21H24N4O4S2/c1-3-24-18(23-8-6-4-5-7-9-23)14(13(2)15(11-22)19(24)28)10-16-20(29)25(12-17(26)27)21(30)31-16/h10H,3-9,12H2,1-2H3,(H,26,27)/b16-10-. The molecule has 0 atom stereocenters. The van der Waals surface area contributed by atoms with E-state index < -0.39 is 18.4 Å². The van der Waals surface area contributed by atoms with Crippen molar-refractivity contribution < 1.29 is 14.7 Å². The molecule has 3 rings (SSSR count). The van der Waals surface area contributed by atoms with Gasteiger partial charge < -0.3 is 10.0 Å². The number of carbonyl (C=O) groups excluding carboxylic acids is 1. The summed E-state index contributed by atoms with van der Waals surface area (Å²) in [6.07, 6.45) is 5.88. The third kappa shape index (κ3) is 4.52. The van der Waals surface area contributed by atoms with Crippen molar-refractivity contribution in [2.45, 2.75) is 46.1 Å². The van der Waals surface area contributed by atoms with Gasteiger partial charge in [-0.1, -0.05) is 36.8 Å². The van der Waals surface area contributed by atoms with Gasteiger partial charge >= 0.3 is 5.97 Å². The molecule has 0 aromatic carbocycles. The quantitative estimate of drug-likeness (QED) is 0.528. The minimum atomic E-state index is -1.15. The molecule has 1 N–H and O–H groups in total. The van der Waals surface area contributed by atoms with E-state index in [1.165, 1.54) is 0 Å². The van der Waals surface area contributed by atoms with Crippen molar-refractivity contribution in [3.63, 3.8) is 0 Å². The average molecular weight is 461 g/mol. The van der Waals surface area contributed by atoms with Gasteiger partial charge in [-0.2, -0.15) is 5.26 Å².